The van der Waals surface area contributed by atoms with E-state index in [1.165, 1.54) is 12.1 Å². The monoisotopic (exact) mass is 309 g/mol. The summed E-state index contributed by atoms with van der Waals surface area (Å²) in [5.74, 6) is -0.692. The first kappa shape index (κ1) is 15.9. The topological polar surface area (TPSA) is 77.2 Å². The van der Waals surface area contributed by atoms with Crippen molar-refractivity contribution in [3.05, 3.63) is 22.8 Å². The van der Waals surface area contributed by atoms with Crippen molar-refractivity contribution in [1.29, 1.82) is 0 Å². The highest BCUT2D eigenvalue weighted by Gasteiger charge is 2.28. The zero-order valence-corrected chi connectivity index (χ0v) is 11.5. The molecule has 0 saturated carbocycles. The second-order valence-corrected chi connectivity index (χ2v) is 4.40. The highest BCUT2D eigenvalue weighted by Crippen LogP contribution is 2.22. The van der Waals surface area contributed by atoms with Crippen molar-refractivity contribution in [2.24, 2.45) is 5.73 Å². The fourth-order valence-electron chi connectivity index (χ4n) is 1.77. The Morgan fingerprint density at radius 3 is 2.95 bits per heavy atom. The lowest BCUT2D eigenvalue weighted by atomic mass is 10.1. The second kappa shape index (κ2) is 6.88. The molecule has 1 aliphatic rings. The Kier molecular flexibility index (Phi) is 5.78. The van der Waals surface area contributed by atoms with Crippen molar-refractivity contribution >= 4 is 29.9 Å². The number of amides is 1. The number of rotatable bonds is 3. The molecule has 106 valence electrons. The van der Waals surface area contributed by atoms with E-state index >= 15 is 0 Å². The third-order valence-corrected chi connectivity index (χ3v) is 2.91. The minimum absolute atomic E-state index is 0. The summed E-state index contributed by atoms with van der Waals surface area (Å²) in [7, 11) is 0. The maximum atomic E-state index is 13.6. The molecule has 5 nitrogen and oxygen atoms in total. The lowest BCUT2D eigenvalue weighted by molar-refractivity contribution is 0.0676. The molecule has 1 fully saturated rings. The number of hydrogen-bond donors (Lipinski definition) is 2. The number of piperidine rings is 1. The number of nitrogens with one attached hydrogen (secondary N) is 1. The average molecular weight is 310 g/mol. The van der Waals surface area contributed by atoms with E-state index in [0.29, 0.717) is 13.0 Å². The number of hydrogen-bond acceptors (Lipinski definition) is 4. The van der Waals surface area contributed by atoms with Crippen LogP contribution in [0.15, 0.2) is 12.1 Å². The van der Waals surface area contributed by atoms with Gasteiger partial charge in [0.1, 0.15) is 23.0 Å². The molecule has 2 atom stereocenters. The minimum atomic E-state index is -1.15. The average Bonchev–Trinajstić information content (AvgIpc) is 2.32. The van der Waals surface area contributed by atoms with Gasteiger partial charge in [0.15, 0.2) is 0 Å². The van der Waals surface area contributed by atoms with Crippen molar-refractivity contribution in [2.75, 3.05) is 13.1 Å². The number of alkyl halides is 1. The maximum Gasteiger partial charge on any atom is 0.254 e. The highest BCUT2D eigenvalue weighted by molar-refractivity contribution is 6.29. The molecule has 1 saturated heterocycles. The van der Waals surface area contributed by atoms with Crippen LogP contribution in [0.5, 0.6) is 5.88 Å². The van der Waals surface area contributed by atoms with Gasteiger partial charge in [-0.3, -0.25) is 4.79 Å². The fraction of sp³-hybridized carbons (Fsp3) is 0.455. The summed E-state index contributed by atoms with van der Waals surface area (Å²) in [5.41, 5.74) is 5.30. The standard InChI is InChI=1S/C11H13ClFN3O2.ClH/c12-9-2-1-6(10(14)17)11(16-9)18-8-3-4-15-5-7(8)13;/h1-2,7-8,15H,3-5H2,(H2,14,17);1H/t7-,8+;/m0./s1. The summed E-state index contributed by atoms with van der Waals surface area (Å²) >= 11 is 5.73. The molecular weight excluding hydrogens is 296 g/mol. The Labute approximate surface area is 121 Å². The Morgan fingerprint density at radius 2 is 2.32 bits per heavy atom. The molecule has 2 rings (SSSR count). The van der Waals surface area contributed by atoms with E-state index in [1.54, 1.807) is 0 Å². The molecule has 1 amide bonds. The van der Waals surface area contributed by atoms with Gasteiger partial charge in [-0.1, -0.05) is 11.6 Å². The molecule has 1 aromatic rings. The van der Waals surface area contributed by atoms with E-state index in [0.717, 1.165) is 0 Å². The van der Waals surface area contributed by atoms with Gasteiger partial charge in [-0.25, -0.2) is 9.37 Å². The van der Waals surface area contributed by atoms with Crippen LogP contribution >= 0.6 is 24.0 Å². The van der Waals surface area contributed by atoms with Gasteiger partial charge in [0.05, 0.1) is 0 Å². The number of aromatic nitrogens is 1. The highest BCUT2D eigenvalue weighted by atomic mass is 35.5. The van der Waals surface area contributed by atoms with Crippen LogP contribution in [-0.2, 0) is 0 Å². The first-order valence-electron chi connectivity index (χ1n) is 5.55. The molecule has 2 heterocycles. The minimum Gasteiger partial charge on any atom is -0.471 e. The fourth-order valence-corrected chi connectivity index (χ4v) is 1.91. The van der Waals surface area contributed by atoms with Crippen LogP contribution in [0.25, 0.3) is 0 Å². The smallest absolute Gasteiger partial charge is 0.254 e. The van der Waals surface area contributed by atoms with Crippen LogP contribution in [0.4, 0.5) is 4.39 Å². The van der Waals surface area contributed by atoms with Crippen LogP contribution in [0.3, 0.4) is 0 Å². The largest absolute Gasteiger partial charge is 0.471 e. The van der Waals surface area contributed by atoms with Gasteiger partial charge in [0, 0.05) is 6.54 Å². The molecular formula is C11H14Cl2FN3O2. The van der Waals surface area contributed by atoms with E-state index in [2.05, 4.69) is 10.3 Å². The molecule has 0 aromatic carbocycles. The van der Waals surface area contributed by atoms with E-state index < -0.39 is 18.2 Å². The van der Waals surface area contributed by atoms with Crippen molar-refractivity contribution in [3.63, 3.8) is 0 Å². The first-order valence-corrected chi connectivity index (χ1v) is 5.93. The Hall–Kier alpha value is -1.11. The number of nitrogens with zero attached hydrogens (tertiary/aromatic N) is 1. The number of ether oxygens (including phenoxy) is 1. The quantitative estimate of drug-likeness (QED) is 0.826. The lowest BCUT2D eigenvalue weighted by Crippen LogP contribution is -2.44. The van der Waals surface area contributed by atoms with E-state index in [-0.39, 0.29) is 35.5 Å². The molecule has 0 unspecified atom stereocenters. The van der Waals surface area contributed by atoms with Gasteiger partial charge in [-0.15, -0.1) is 12.4 Å². The van der Waals surface area contributed by atoms with Crippen LogP contribution in [0.2, 0.25) is 5.15 Å². The van der Waals surface area contributed by atoms with Crippen molar-refractivity contribution in [3.8, 4) is 5.88 Å². The number of carbonyl (C=O) groups is 1. The van der Waals surface area contributed by atoms with Crippen molar-refractivity contribution in [2.45, 2.75) is 18.7 Å². The van der Waals surface area contributed by atoms with Crippen molar-refractivity contribution < 1.29 is 13.9 Å². The van der Waals surface area contributed by atoms with Gasteiger partial charge in [0.2, 0.25) is 5.88 Å². The molecule has 0 radical (unpaired) electrons. The molecule has 1 aliphatic heterocycles. The zero-order valence-electron chi connectivity index (χ0n) is 9.94. The third kappa shape index (κ3) is 3.92. The van der Waals surface area contributed by atoms with Crippen molar-refractivity contribution in [1.82, 2.24) is 10.3 Å². The molecule has 0 aliphatic carbocycles. The van der Waals surface area contributed by atoms with E-state index in [9.17, 15) is 9.18 Å². The Bertz CT molecular complexity index is 462. The van der Waals surface area contributed by atoms with Crippen LogP contribution < -0.4 is 15.8 Å². The zero-order chi connectivity index (χ0) is 13.1. The summed E-state index contributed by atoms with van der Waals surface area (Å²) in [6.07, 6.45) is -1.30. The normalized spacial score (nSPS) is 22.4. The number of nitrogens with two attached hydrogens (primary N) is 1. The molecule has 0 spiro atoms. The van der Waals surface area contributed by atoms with Gasteiger partial charge in [0.25, 0.3) is 5.91 Å². The second-order valence-electron chi connectivity index (χ2n) is 4.02. The predicted molar refractivity (Wildman–Crippen MR) is 71.8 cm³/mol. The SMILES string of the molecule is Cl.NC(=O)c1ccc(Cl)nc1O[C@@H]1CCNC[C@@H]1F. The van der Waals surface area contributed by atoms with Gasteiger partial charge in [-0.2, -0.15) is 0 Å². The van der Waals surface area contributed by atoms with Gasteiger partial charge >= 0.3 is 0 Å². The van der Waals surface area contributed by atoms with E-state index in [4.69, 9.17) is 22.1 Å². The number of pyridine rings is 1. The third-order valence-electron chi connectivity index (χ3n) is 2.70. The molecule has 19 heavy (non-hydrogen) atoms. The molecule has 0 bridgehead atoms. The molecule has 8 heteroatoms. The maximum absolute atomic E-state index is 13.6. The van der Waals surface area contributed by atoms with E-state index in [1.807, 2.05) is 0 Å². The van der Waals surface area contributed by atoms with Crippen LogP contribution in [0, 0.1) is 0 Å². The first-order chi connectivity index (χ1) is 8.58. The summed E-state index contributed by atoms with van der Waals surface area (Å²) < 4.78 is 19.0. The Morgan fingerprint density at radius 1 is 1.58 bits per heavy atom. The summed E-state index contributed by atoms with van der Waals surface area (Å²) in [6, 6.07) is 2.85. The summed E-state index contributed by atoms with van der Waals surface area (Å²) in [6.45, 7) is 0.870. The number of halogens is 3. The Balaban J connectivity index is 0.00000180. The van der Waals surface area contributed by atoms with Crippen LogP contribution in [-0.4, -0.2) is 36.3 Å². The molecule has 3 N–H and O–H groups in total. The number of carbonyl (C=O) groups excluding carboxylic acids is 1. The lowest BCUT2D eigenvalue weighted by Gasteiger charge is -2.27. The predicted octanol–water partition coefficient (Wildman–Crippen LogP) is 1.33. The number of primary amides is 1. The molecule has 1 aromatic heterocycles. The summed E-state index contributed by atoms with van der Waals surface area (Å²) in [4.78, 5) is 15.1. The van der Waals surface area contributed by atoms with Crippen LogP contribution in [0.1, 0.15) is 16.8 Å². The summed E-state index contributed by atoms with van der Waals surface area (Å²) in [5, 5.41) is 3.07. The van der Waals surface area contributed by atoms with Gasteiger partial charge < -0.3 is 15.8 Å². The van der Waals surface area contributed by atoms with Gasteiger partial charge in [-0.05, 0) is 25.1 Å².